The van der Waals surface area contributed by atoms with Gasteiger partial charge in [0, 0.05) is 18.8 Å². The van der Waals surface area contributed by atoms with Crippen LogP contribution >= 0.6 is 0 Å². The molecular weight excluding hydrogens is 260 g/mol. The predicted molar refractivity (Wildman–Crippen MR) is 70.6 cm³/mol. The van der Waals surface area contributed by atoms with Crippen molar-refractivity contribution < 1.29 is 24.4 Å². The van der Waals surface area contributed by atoms with Crippen molar-refractivity contribution in [2.75, 3.05) is 0 Å². The summed E-state index contributed by atoms with van der Waals surface area (Å²) in [6, 6.07) is 0. The number of aliphatic hydroxyl groups is 1. The zero-order valence-electron chi connectivity index (χ0n) is 12.2. The van der Waals surface area contributed by atoms with Gasteiger partial charge in [0.1, 0.15) is 11.7 Å². The van der Waals surface area contributed by atoms with Crippen LogP contribution < -0.4 is 0 Å². The molecule has 1 saturated heterocycles. The second-order valence-electron chi connectivity index (χ2n) is 7.12. The minimum Gasteiger partial charge on any atom is -0.455 e. The molecule has 5 nitrogen and oxygen atoms in total. The summed E-state index contributed by atoms with van der Waals surface area (Å²) in [4.78, 5) is 22.7. The van der Waals surface area contributed by atoms with E-state index in [9.17, 15) is 9.90 Å². The Kier molecular flexibility index (Phi) is 3.01. The van der Waals surface area contributed by atoms with Crippen LogP contribution in [0.5, 0.6) is 0 Å². The quantitative estimate of drug-likeness (QED) is 0.362. The molecule has 1 N–H and O–H groups in total. The molecule has 0 amide bonds. The zero-order chi connectivity index (χ0) is 14.6. The van der Waals surface area contributed by atoms with Crippen LogP contribution in [-0.2, 0) is 19.3 Å². The molecule has 5 heteroatoms. The van der Waals surface area contributed by atoms with Crippen molar-refractivity contribution in [3.05, 3.63) is 12.2 Å². The third-order valence-corrected chi connectivity index (χ3v) is 4.51. The number of hydrogen-bond donors (Lipinski definition) is 1. The lowest BCUT2D eigenvalue weighted by atomic mass is 9.74. The molecule has 2 aliphatic carbocycles. The minimum absolute atomic E-state index is 0.0483. The molecule has 0 aromatic heterocycles. The molecule has 0 radical (unpaired) electrons. The van der Waals surface area contributed by atoms with Crippen molar-refractivity contribution in [1.82, 2.24) is 0 Å². The van der Waals surface area contributed by atoms with Crippen LogP contribution in [0.4, 0.5) is 0 Å². The zero-order valence-corrected chi connectivity index (χ0v) is 12.2. The number of rotatable bonds is 2. The van der Waals surface area contributed by atoms with Crippen molar-refractivity contribution >= 4 is 5.97 Å². The minimum atomic E-state index is -1.13. The molecule has 3 rings (SSSR count). The van der Waals surface area contributed by atoms with Gasteiger partial charge in [0.15, 0.2) is 5.60 Å². The van der Waals surface area contributed by atoms with Gasteiger partial charge in [-0.3, -0.25) is 4.79 Å². The molecular formula is C15H22O5. The first kappa shape index (κ1) is 14.0. The number of ether oxygens (including phenoxy) is 1. The predicted octanol–water partition coefficient (Wildman–Crippen LogP) is 1.89. The average molecular weight is 282 g/mol. The Morgan fingerprint density at radius 1 is 1.40 bits per heavy atom. The van der Waals surface area contributed by atoms with Gasteiger partial charge in [-0.2, -0.15) is 0 Å². The summed E-state index contributed by atoms with van der Waals surface area (Å²) >= 11 is 0. The van der Waals surface area contributed by atoms with E-state index in [-0.39, 0.29) is 24.4 Å². The maximum Gasteiger partial charge on any atom is 0.309 e. The van der Waals surface area contributed by atoms with E-state index in [4.69, 9.17) is 14.5 Å². The summed E-state index contributed by atoms with van der Waals surface area (Å²) in [5.74, 6) is -0.366. The van der Waals surface area contributed by atoms with Gasteiger partial charge in [-0.05, 0) is 27.2 Å². The molecule has 1 saturated carbocycles. The topological polar surface area (TPSA) is 65.0 Å². The Morgan fingerprint density at radius 2 is 2.15 bits per heavy atom. The van der Waals surface area contributed by atoms with E-state index in [2.05, 4.69) is 6.08 Å². The Bertz CT molecular complexity index is 452. The van der Waals surface area contributed by atoms with Gasteiger partial charge in [0.25, 0.3) is 0 Å². The smallest absolute Gasteiger partial charge is 0.309 e. The summed E-state index contributed by atoms with van der Waals surface area (Å²) in [7, 11) is 0. The van der Waals surface area contributed by atoms with Gasteiger partial charge >= 0.3 is 5.97 Å². The second kappa shape index (κ2) is 4.29. The summed E-state index contributed by atoms with van der Waals surface area (Å²) < 4.78 is 5.57. The fourth-order valence-corrected chi connectivity index (χ4v) is 3.70. The summed E-state index contributed by atoms with van der Waals surface area (Å²) in [5.41, 5.74) is -2.37. The third-order valence-electron chi connectivity index (χ3n) is 4.51. The van der Waals surface area contributed by atoms with Crippen LogP contribution in [0.1, 0.15) is 46.5 Å². The van der Waals surface area contributed by atoms with Crippen LogP contribution in [0.3, 0.4) is 0 Å². The van der Waals surface area contributed by atoms with Crippen molar-refractivity contribution in [3.63, 3.8) is 0 Å². The number of hydrogen-bond acceptors (Lipinski definition) is 5. The standard InChI is InChI=1S/C15H22O5/c1-13(2,3)20-19-11-8-14(17)9-12(16)18-15(14)7-5-4-6-10(11)15/h4-5,10-11,17H,6-9H2,1-3H3/t10-,11-,14+,15-/m1/s1. The maximum absolute atomic E-state index is 11.7. The first-order valence-electron chi connectivity index (χ1n) is 7.20. The van der Waals surface area contributed by atoms with Gasteiger partial charge in [0.2, 0.25) is 0 Å². The number of allylic oxidation sites excluding steroid dienone is 1. The van der Waals surface area contributed by atoms with Crippen molar-refractivity contribution in [3.8, 4) is 0 Å². The molecule has 0 unspecified atom stereocenters. The van der Waals surface area contributed by atoms with Gasteiger partial charge in [-0.15, -0.1) is 0 Å². The van der Waals surface area contributed by atoms with Crippen LogP contribution in [0.25, 0.3) is 0 Å². The lowest BCUT2D eigenvalue weighted by Gasteiger charge is -2.39. The first-order valence-corrected chi connectivity index (χ1v) is 7.20. The van der Waals surface area contributed by atoms with Crippen LogP contribution in [0.2, 0.25) is 0 Å². The number of esters is 1. The molecule has 0 aromatic rings. The number of carbonyl (C=O) groups is 1. The molecule has 1 heterocycles. The fraction of sp³-hybridized carbons (Fsp3) is 0.800. The molecule has 1 aliphatic heterocycles. The fourth-order valence-electron chi connectivity index (χ4n) is 3.70. The molecule has 0 bridgehead atoms. The third kappa shape index (κ3) is 2.00. The monoisotopic (exact) mass is 282 g/mol. The largest absolute Gasteiger partial charge is 0.455 e. The van der Waals surface area contributed by atoms with Gasteiger partial charge < -0.3 is 9.84 Å². The molecule has 20 heavy (non-hydrogen) atoms. The van der Waals surface area contributed by atoms with Crippen molar-refractivity contribution in [2.24, 2.45) is 5.92 Å². The molecule has 4 atom stereocenters. The Balaban J connectivity index is 1.84. The maximum atomic E-state index is 11.7. The van der Waals surface area contributed by atoms with E-state index in [1.807, 2.05) is 26.8 Å². The summed E-state index contributed by atoms with van der Waals surface area (Å²) in [5, 5.41) is 10.9. The van der Waals surface area contributed by atoms with E-state index in [0.717, 1.165) is 6.42 Å². The highest BCUT2D eigenvalue weighted by Crippen LogP contribution is 2.57. The Labute approximate surface area is 118 Å². The molecule has 0 aromatic carbocycles. The normalized spacial score (nSPS) is 43.3. The van der Waals surface area contributed by atoms with E-state index in [0.29, 0.717) is 12.8 Å². The molecule has 112 valence electrons. The molecule has 2 fully saturated rings. The molecule has 3 aliphatic rings. The number of carbonyl (C=O) groups excluding carboxylic acids is 1. The van der Waals surface area contributed by atoms with E-state index < -0.39 is 16.8 Å². The highest BCUT2D eigenvalue weighted by molar-refractivity contribution is 5.75. The van der Waals surface area contributed by atoms with Crippen LogP contribution in [0.15, 0.2) is 12.2 Å². The van der Waals surface area contributed by atoms with E-state index >= 15 is 0 Å². The first-order chi connectivity index (χ1) is 9.26. The van der Waals surface area contributed by atoms with E-state index in [1.165, 1.54) is 0 Å². The average Bonchev–Trinajstić information content (AvgIpc) is 2.69. The lowest BCUT2D eigenvalue weighted by molar-refractivity contribution is -0.380. The summed E-state index contributed by atoms with van der Waals surface area (Å²) in [6.07, 6.45) is 5.49. The highest BCUT2D eigenvalue weighted by Gasteiger charge is 2.71. The van der Waals surface area contributed by atoms with Gasteiger partial charge in [-0.1, -0.05) is 12.2 Å². The molecule has 1 spiro atoms. The lowest BCUT2D eigenvalue weighted by Crippen LogP contribution is -2.51. The van der Waals surface area contributed by atoms with Crippen molar-refractivity contribution in [2.45, 2.75) is 69.4 Å². The van der Waals surface area contributed by atoms with Crippen LogP contribution in [0, 0.1) is 5.92 Å². The van der Waals surface area contributed by atoms with Crippen LogP contribution in [-0.4, -0.2) is 34.0 Å². The Hall–Kier alpha value is -0.910. The SMILES string of the molecule is CC(C)(C)OO[C@@H]1C[C@]2(O)CC(=O)O[C@@]23CC=CC[C@H]13. The van der Waals surface area contributed by atoms with Gasteiger partial charge in [-0.25, -0.2) is 9.78 Å². The highest BCUT2D eigenvalue weighted by atomic mass is 17.2. The van der Waals surface area contributed by atoms with Gasteiger partial charge in [0.05, 0.1) is 12.0 Å². The second-order valence-corrected chi connectivity index (χ2v) is 7.12. The Morgan fingerprint density at radius 3 is 2.85 bits per heavy atom. The van der Waals surface area contributed by atoms with E-state index in [1.54, 1.807) is 0 Å². The summed E-state index contributed by atoms with van der Waals surface area (Å²) in [6.45, 7) is 5.73. The van der Waals surface area contributed by atoms with Crippen molar-refractivity contribution in [1.29, 1.82) is 0 Å².